The Morgan fingerprint density at radius 1 is 1.16 bits per heavy atom. The monoisotopic (exact) mass is 256 g/mol. The minimum Gasteiger partial charge on any atom is -0.484 e. The van der Waals surface area contributed by atoms with Crippen LogP contribution in [0.1, 0.15) is 5.56 Å². The number of carbonyl (C=O) groups excluding carboxylic acids is 1. The largest absolute Gasteiger partial charge is 0.484 e. The van der Waals surface area contributed by atoms with Crippen LogP contribution in [0.2, 0.25) is 0 Å². The number of nitrogens with two attached hydrogens (primary N) is 1. The van der Waals surface area contributed by atoms with Crippen LogP contribution in [0.3, 0.4) is 0 Å². The Kier molecular flexibility index (Phi) is 4.03. The number of anilines is 2. The lowest BCUT2D eigenvalue weighted by atomic mass is 10.2. The number of hydrogen-bond donors (Lipinski definition) is 2. The van der Waals surface area contributed by atoms with Crippen LogP contribution in [-0.4, -0.2) is 12.5 Å². The molecule has 0 aromatic heterocycles. The molecule has 0 radical (unpaired) electrons. The van der Waals surface area contributed by atoms with E-state index in [2.05, 4.69) is 5.32 Å². The lowest BCUT2D eigenvalue weighted by molar-refractivity contribution is -0.118. The molecule has 2 rings (SSSR count). The summed E-state index contributed by atoms with van der Waals surface area (Å²) in [5.41, 5.74) is 8.02. The van der Waals surface area contributed by atoms with Gasteiger partial charge in [0.2, 0.25) is 0 Å². The second kappa shape index (κ2) is 5.91. The van der Waals surface area contributed by atoms with E-state index in [9.17, 15) is 4.79 Å². The molecule has 4 nitrogen and oxygen atoms in total. The Hall–Kier alpha value is -2.49. The molecule has 3 N–H and O–H groups in total. The average molecular weight is 256 g/mol. The van der Waals surface area contributed by atoms with E-state index in [1.165, 1.54) is 0 Å². The van der Waals surface area contributed by atoms with Crippen molar-refractivity contribution in [2.45, 2.75) is 6.92 Å². The van der Waals surface area contributed by atoms with Crippen LogP contribution < -0.4 is 15.8 Å². The van der Waals surface area contributed by atoms with Crippen molar-refractivity contribution in [2.75, 3.05) is 17.7 Å². The molecule has 0 spiro atoms. The topological polar surface area (TPSA) is 64.3 Å². The highest BCUT2D eigenvalue weighted by atomic mass is 16.5. The second-order valence-electron chi connectivity index (χ2n) is 4.24. The maximum absolute atomic E-state index is 11.7. The second-order valence-corrected chi connectivity index (χ2v) is 4.24. The van der Waals surface area contributed by atoms with Gasteiger partial charge in [0.25, 0.3) is 5.91 Å². The van der Waals surface area contributed by atoms with E-state index in [1.807, 2.05) is 43.3 Å². The van der Waals surface area contributed by atoms with Crippen LogP contribution in [0.4, 0.5) is 11.4 Å². The molecule has 0 atom stereocenters. The fourth-order valence-electron chi connectivity index (χ4n) is 1.58. The van der Waals surface area contributed by atoms with E-state index < -0.39 is 0 Å². The zero-order chi connectivity index (χ0) is 13.7. The zero-order valence-corrected chi connectivity index (χ0v) is 10.7. The molecule has 0 saturated heterocycles. The molecule has 4 heteroatoms. The van der Waals surface area contributed by atoms with Crippen LogP contribution in [-0.2, 0) is 4.79 Å². The van der Waals surface area contributed by atoms with Crippen molar-refractivity contribution >= 4 is 17.3 Å². The number of aryl methyl sites for hydroxylation is 1. The molecule has 0 heterocycles. The first kappa shape index (κ1) is 13.0. The highest BCUT2D eigenvalue weighted by molar-refractivity contribution is 5.94. The quantitative estimate of drug-likeness (QED) is 0.826. The molecule has 0 aliphatic rings. The van der Waals surface area contributed by atoms with Crippen molar-refractivity contribution in [2.24, 2.45) is 0 Å². The van der Waals surface area contributed by atoms with Crippen LogP contribution in [0.25, 0.3) is 0 Å². The summed E-state index contributed by atoms with van der Waals surface area (Å²) in [6, 6.07) is 14.6. The first-order chi connectivity index (χ1) is 9.15. The molecule has 2 aromatic carbocycles. The number of hydrogen-bond acceptors (Lipinski definition) is 3. The van der Waals surface area contributed by atoms with Gasteiger partial charge in [0.1, 0.15) is 5.75 Å². The molecule has 0 aliphatic heterocycles. The summed E-state index contributed by atoms with van der Waals surface area (Å²) in [4.78, 5) is 11.7. The predicted molar refractivity (Wildman–Crippen MR) is 76.2 cm³/mol. The van der Waals surface area contributed by atoms with Gasteiger partial charge in [-0.1, -0.05) is 29.8 Å². The van der Waals surface area contributed by atoms with Crippen molar-refractivity contribution in [3.8, 4) is 5.75 Å². The Morgan fingerprint density at radius 3 is 2.53 bits per heavy atom. The van der Waals surface area contributed by atoms with Gasteiger partial charge in [-0.25, -0.2) is 0 Å². The van der Waals surface area contributed by atoms with Crippen LogP contribution in [0, 0.1) is 6.92 Å². The molecule has 98 valence electrons. The number of para-hydroxylation sites is 2. The van der Waals surface area contributed by atoms with E-state index >= 15 is 0 Å². The summed E-state index contributed by atoms with van der Waals surface area (Å²) >= 11 is 0. The number of amides is 1. The minimum atomic E-state index is -0.238. The van der Waals surface area contributed by atoms with E-state index in [-0.39, 0.29) is 12.5 Å². The molecule has 2 aromatic rings. The van der Waals surface area contributed by atoms with Crippen molar-refractivity contribution in [1.29, 1.82) is 0 Å². The normalized spacial score (nSPS) is 9.95. The lowest BCUT2D eigenvalue weighted by Gasteiger charge is -2.09. The highest BCUT2D eigenvalue weighted by Crippen LogP contribution is 2.16. The van der Waals surface area contributed by atoms with E-state index in [0.29, 0.717) is 17.1 Å². The molecule has 0 saturated carbocycles. The lowest BCUT2D eigenvalue weighted by Crippen LogP contribution is -2.20. The molecule has 19 heavy (non-hydrogen) atoms. The molecular formula is C15H16N2O2. The van der Waals surface area contributed by atoms with Crippen LogP contribution in [0.5, 0.6) is 5.75 Å². The number of nitrogen functional groups attached to an aromatic ring is 1. The number of nitrogens with one attached hydrogen (secondary N) is 1. The summed E-state index contributed by atoms with van der Waals surface area (Å²) in [7, 11) is 0. The summed E-state index contributed by atoms with van der Waals surface area (Å²) in [6.45, 7) is 1.95. The third-order valence-corrected chi connectivity index (χ3v) is 2.63. The minimum absolute atomic E-state index is 0.0443. The SMILES string of the molecule is Cc1ccc(OCC(=O)Nc2ccccc2N)cc1. The van der Waals surface area contributed by atoms with Gasteiger partial charge >= 0.3 is 0 Å². The third-order valence-electron chi connectivity index (χ3n) is 2.63. The Balaban J connectivity index is 1.88. The molecule has 0 bridgehead atoms. The van der Waals surface area contributed by atoms with Crippen molar-refractivity contribution in [3.05, 3.63) is 54.1 Å². The van der Waals surface area contributed by atoms with Crippen LogP contribution >= 0.6 is 0 Å². The Labute approximate surface area is 112 Å². The average Bonchev–Trinajstić information content (AvgIpc) is 2.41. The van der Waals surface area contributed by atoms with Gasteiger partial charge in [-0.15, -0.1) is 0 Å². The molecule has 1 amide bonds. The summed E-state index contributed by atoms with van der Waals surface area (Å²) in [6.07, 6.45) is 0. The van der Waals surface area contributed by atoms with Gasteiger partial charge in [0, 0.05) is 0 Å². The zero-order valence-electron chi connectivity index (χ0n) is 10.7. The fraction of sp³-hybridized carbons (Fsp3) is 0.133. The summed E-state index contributed by atoms with van der Waals surface area (Å²) in [5.74, 6) is 0.431. The third kappa shape index (κ3) is 3.74. The highest BCUT2D eigenvalue weighted by Gasteiger charge is 2.05. The first-order valence-corrected chi connectivity index (χ1v) is 5.99. The Bertz CT molecular complexity index is 565. The van der Waals surface area contributed by atoms with Crippen LogP contribution in [0.15, 0.2) is 48.5 Å². The maximum atomic E-state index is 11.7. The van der Waals surface area contributed by atoms with Gasteiger partial charge in [-0.05, 0) is 31.2 Å². The molecule has 0 aliphatic carbocycles. The number of rotatable bonds is 4. The molecular weight excluding hydrogens is 240 g/mol. The van der Waals surface area contributed by atoms with Crippen molar-refractivity contribution in [1.82, 2.24) is 0 Å². The summed E-state index contributed by atoms with van der Waals surface area (Å²) in [5, 5.41) is 2.70. The van der Waals surface area contributed by atoms with Gasteiger partial charge in [0.15, 0.2) is 6.61 Å². The van der Waals surface area contributed by atoms with Gasteiger partial charge in [-0.2, -0.15) is 0 Å². The predicted octanol–water partition coefficient (Wildman–Crippen LogP) is 2.59. The number of ether oxygens (including phenoxy) is 1. The Morgan fingerprint density at radius 2 is 1.84 bits per heavy atom. The van der Waals surface area contributed by atoms with E-state index in [0.717, 1.165) is 5.56 Å². The fourth-order valence-corrected chi connectivity index (χ4v) is 1.58. The van der Waals surface area contributed by atoms with Gasteiger partial charge in [0.05, 0.1) is 11.4 Å². The van der Waals surface area contributed by atoms with Crippen molar-refractivity contribution in [3.63, 3.8) is 0 Å². The van der Waals surface area contributed by atoms with E-state index in [1.54, 1.807) is 12.1 Å². The van der Waals surface area contributed by atoms with Gasteiger partial charge in [-0.3, -0.25) is 4.79 Å². The molecule has 0 unspecified atom stereocenters. The van der Waals surface area contributed by atoms with E-state index in [4.69, 9.17) is 10.5 Å². The number of benzene rings is 2. The standard InChI is InChI=1S/C15H16N2O2/c1-11-6-8-12(9-7-11)19-10-15(18)17-14-5-3-2-4-13(14)16/h2-9H,10,16H2,1H3,(H,17,18). The first-order valence-electron chi connectivity index (χ1n) is 5.99. The van der Waals surface area contributed by atoms with Crippen molar-refractivity contribution < 1.29 is 9.53 Å². The van der Waals surface area contributed by atoms with Gasteiger partial charge < -0.3 is 15.8 Å². The number of carbonyl (C=O) groups is 1. The maximum Gasteiger partial charge on any atom is 0.262 e. The molecule has 0 fully saturated rings. The summed E-state index contributed by atoms with van der Waals surface area (Å²) < 4.78 is 5.38. The smallest absolute Gasteiger partial charge is 0.262 e.